The molecule has 1 atom stereocenters. The molecule has 0 radical (unpaired) electrons. The number of amides is 1. The standard InChI is InChI=1S/C14H18BrClN2O/c1-10(18-6-2-3-7-18)9-17-14(19)12-8-11(15)4-5-13(12)16/h4-5,8,10H,2-3,6-7,9H2,1H3,(H,17,19). The molecule has 1 aliphatic heterocycles. The van der Waals surface area contributed by atoms with Crippen LogP contribution in [0.3, 0.4) is 0 Å². The van der Waals surface area contributed by atoms with Crippen LogP contribution in [-0.4, -0.2) is 36.5 Å². The van der Waals surface area contributed by atoms with E-state index in [1.54, 1.807) is 12.1 Å². The second kappa shape index (κ2) is 6.73. The minimum Gasteiger partial charge on any atom is -0.350 e. The fourth-order valence-corrected chi connectivity index (χ4v) is 2.88. The van der Waals surface area contributed by atoms with Gasteiger partial charge in [-0.1, -0.05) is 27.5 Å². The molecule has 1 aliphatic rings. The molecular formula is C14H18BrClN2O. The molecule has 1 aromatic carbocycles. The molecule has 19 heavy (non-hydrogen) atoms. The monoisotopic (exact) mass is 344 g/mol. The Morgan fingerprint density at radius 1 is 1.47 bits per heavy atom. The van der Waals surface area contributed by atoms with Gasteiger partial charge in [0.15, 0.2) is 0 Å². The maximum Gasteiger partial charge on any atom is 0.252 e. The van der Waals surface area contributed by atoms with E-state index in [1.165, 1.54) is 12.8 Å². The molecule has 0 aromatic heterocycles. The molecule has 2 rings (SSSR count). The van der Waals surface area contributed by atoms with Crippen LogP contribution in [0, 0.1) is 0 Å². The van der Waals surface area contributed by atoms with Crippen molar-refractivity contribution < 1.29 is 4.79 Å². The number of benzene rings is 1. The van der Waals surface area contributed by atoms with Gasteiger partial charge >= 0.3 is 0 Å². The molecule has 1 N–H and O–H groups in total. The maximum absolute atomic E-state index is 12.1. The van der Waals surface area contributed by atoms with Gasteiger partial charge < -0.3 is 5.32 Å². The van der Waals surface area contributed by atoms with Gasteiger partial charge in [-0.15, -0.1) is 0 Å². The average molecular weight is 346 g/mol. The van der Waals surface area contributed by atoms with E-state index >= 15 is 0 Å². The Bertz CT molecular complexity index is 461. The average Bonchev–Trinajstić information content (AvgIpc) is 2.92. The van der Waals surface area contributed by atoms with E-state index in [1.807, 2.05) is 6.07 Å². The highest BCUT2D eigenvalue weighted by molar-refractivity contribution is 9.10. The first kappa shape index (κ1) is 14.8. The van der Waals surface area contributed by atoms with Gasteiger partial charge in [0.05, 0.1) is 10.6 Å². The van der Waals surface area contributed by atoms with Crippen molar-refractivity contribution in [1.82, 2.24) is 10.2 Å². The normalized spacial score (nSPS) is 17.4. The number of hydrogen-bond acceptors (Lipinski definition) is 2. The summed E-state index contributed by atoms with van der Waals surface area (Å²) in [6.45, 7) is 5.07. The summed E-state index contributed by atoms with van der Waals surface area (Å²) in [6, 6.07) is 5.67. The SMILES string of the molecule is CC(CNC(=O)c1cc(Br)ccc1Cl)N1CCCC1. The van der Waals surface area contributed by atoms with Crippen molar-refractivity contribution in [2.45, 2.75) is 25.8 Å². The van der Waals surface area contributed by atoms with Crippen LogP contribution >= 0.6 is 27.5 Å². The molecule has 3 nitrogen and oxygen atoms in total. The molecule has 0 spiro atoms. The fraction of sp³-hybridized carbons (Fsp3) is 0.500. The van der Waals surface area contributed by atoms with Crippen LogP contribution in [0.4, 0.5) is 0 Å². The predicted molar refractivity (Wildman–Crippen MR) is 81.8 cm³/mol. The van der Waals surface area contributed by atoms with E-state index in [0.29, 0.717) is 23.2 Å². The third-order valence-corrected chi connectivity index (χ3v) is 4.32. The van der Waals surface area contributed by atoms with Gasteiger partial charge in [0.25, 0.3) is 5.91 Å². The van der Waals surface area contributed by atoms with Crippen LogP contribution in [-0.2, 0) is 0 Å². The lowest BCUT2D eigenvalue weighted by atomic mass is 10.2. The van der Waals surface area contributed by atoms with Gasteiger partial charge in [0, 0.05) is 17.1 Å². The number of carbonyl (C=O) groups excluding carboxylic acids is 1. The van der Waals surface area contributed by atoms with Crippen LogP contribution in [0.25, 0.3) is 0 Å². The Hall–Kier alpha value is -0.580. The van der Waals surface area contributed by atoms with Crippen LogP contribution in [0.2, 0.25) is 5.02 Å². The van der Waals surface area contributed by atoms with E-state index in [-0.39, 0.29) is 5.91 Å². The second-order valence-corrected chi connectivity index (χ2v) is 6.25. The van der Waals surface area contributed by atoms with Gasteiger partial charge in [-0.25, -0.2) is 0 Å². The van der Waals surface area contributed by atoms with E-state index in [2.05, 4.69) is 33.1 Å². The summed E-state index contributed by atoms with van der Waals surface area (Å²) in [5, 5.41) is 3.44. The fourth-order valence-electron chi connectivity index (χ4n) is 2.32. The lowest BCUT2D eigenvalue weighted by Gasteiger charge is -2.23. The zero-order valence-corrected chi connectivity index (χ0v) is 13.3. The van der Waals surface area contributed by atoms with Crippen molar-refractivity contribution in [2.75, 3.05) is 19.6 Å². The van der Waals surface area contributed by atoms with Crippen molar-refractivity contribution in [1.29, 1.82) is 0 Å². The summed E-state index contributed by atoms with van der Waals surface area (Å²) in [4.78, 5) is 14.5. The summed E-state index contributed by atoms with van der Waals surface area (Å²) in [5.74, 6) is -0.114. The number of halogens is 2. The van der Waals surface area contributed by atoms with Gasteiger partial charge in [0.2, 0.25) is 0 Å². The number of hydrogen-bond donors (Lipinski definition) is 1. The zero-order valence-electron chi connectivity index (χ0n) is 11.0. The topological polar surface area (TPSA) is 32.3 Å². The lowest BCUT2D eigenvalue weighted by Crippen LogP contribution is -2.40. The molecule has 1 unspecified atom stereocenters. The third kappa shape index (κ3) is 3.94. The smallest absolute Gasteiger partial charge is 0.252 e. The Kier molecular flexibility index (Phi) is 5.25. The third-order valence-electron chi connectivity index (χ3n) is 3.50. The number of nitrogens with one attached hydrogen (secondary N) is 1. The van der Waals surface area contributed by atoms with Gasteiger partial charge in [-0.2, -0.15) is 0 Å². The van der Waals surface area contributed by atoms with Gasteiger partial charge in [-0.05, 0) is 51.1 Å². The summed E-state index contributed by atoms with van der Waals surface area (Å²) in [6.07, 6.45) is 2.52. The van der Waals surface area contributed by atoms with Crippen LogP contribution in [0.15, 0.2) is 22.7 Å². The minimum atomic E-state index is -0.114. The molecule has 0 saturated carbocycles. The first-order valence-corrected chi connectivity index (χ1v) is 7.72. The predicted octanol–water partition coefficient (Wildman–Crippen LogP) is 3.32. The molecule has 1 fully saturated rings. The van der Waals surface area contributed by atoms with Gasteiger partial charge in [0.1, 0.15) is 0 Å². The van der Waals surface area contributed by atoms with Crippen LogP contribution in [0.1, 0.15) is 30.1 Å². The molecule has 1 saturated heterocycles. The van der Waals surface area contributed by atoms with Crippen molar-refractivity contribution in [3.8, 4) is 0 Å². The molecular weight excluding hydrogens is 328 g/mol. The Morgan fingerprint density at radius 3 is 2.84 bits per heavy atom. The molecule has 1 aromatic rings. The highest BCUT2D eigenvalue weighted by Crippen LogP contribution is 2.21. The molecule has 1 heterocycles. The number of carbonyl (C=O) groups is 1. The van der Waals surface area contributed by atoms with E-state index in [9.17, 15) is 4.79 Å². The van der Waals surface area contributed by atoms with E-state index < -0.39 is 0 Å². The molecule has 5 heteroatoms. The van der Waals surface area contributed by atoms with Crippen molar-refractivity contribution >= 4 is 33.4 Å². The van der Waals surface area contributed by atoms with Crippen molar-refractivity contribution in [3.63, 3.8) is 0 Å². The van der Waals surface area contributed by atoms with E-state index in [4.69, 9.17) is 11.6 Å². The lowest BCUT2D eigenvalue weighted by molar-refractivity contribution is 0.0940. The number of rotatable bonds is 4. The molecule has 1 amide bonds. The first-order valence-electron chi connectivity index (χ1n) is 6.55. The Labute approximate surface area is 127 Å². The maximum atomic E-state index is 12.1. The van der Waals surface area contributed by atoms with Crippen molar-refractivity contribution in [3.05, 3.63) is 33.3 Å². The number of nitrogens with zero attached hydrogens (tertiary/aromatic N) is 1. The van der Waals surface area contributed by atoms with Crippen molar-refractivity contribution in [2.24, 2.45) is 0 Å². The summed E-state index contributed by atoms with van der Waals surface area (Å²) in [7, 11) is 0. The van der Waals surface area contributed by atoms with Crippen LogP contribution < -0.4 is 5.32 Å². The van der Waals surface area contributed by atoms with E-state index in [0.717, 1.165) is 17.6 Å². The minimum absolute atomic E-state index is 0.114. The highest BCUT2D eigenvalue weighted by atomic mass is 79.9. The number of likely N-dealkylation sites (tertiary alicyclic amines) is 1. The quantitative estimate of drug-likeness (QED) is 0.908. The molecule has 0 aliphatic carbocycles. The summed E-state index contributed by atoms with van der Waals surface area (Å²) >= 11 is 9.39. The molecule has 0 bridgehead atoms. The second-order valence-electron chi connectivity index (χ2n) is 4.93. The van der Waals surface area contributed by atoms with Crippen LogP contribution in [0.5, 0.6) is 0 Å². The zero-order chi connectivity index (χ0) is 13.8. The first-order chi connectivity index (χ1) is 9.08. The Morgan fingerprint density at radius 2 is 2.16 bits per heavy atom. The summed E-state index contributed by atoms with van der Waals surface area (Å²) < 4.78 is 0.856. The molecule has 104 valence electrons. The largest absolute Gasteiger partial charge is 0.350 e. The highest BCUT2D eigenvalue weighted by Gasteiger charge is 2.19. The Balaban J connectivity index is 1.91. The summed E-state index contributed by atoms with van der Waals surface area (Å²) in [5.41, 5.74) is 0.518. The van der Waals surface area contributed by atoms with Gasteiger partial charge in [-0.3, -0.25) is 9.69 Å².